The van der Waals surface area contributed by atoms with Crippen LogP contribution in [0.3, 0.4) is 0 Å². The monoisotopic (exact) mass is 272 g/mol. The van der Waals surface area contributed by atoms with Gasteiger partial charge in [0.25, 0.3) is 0 Å². The number of ether oxygens (including phenoxy) is 2. The molecule has 3 nitrogen and oxygen atoms in total. The Hall–Kier alpha value is -1.00. The first-order valence-corrected chi connectivity index (χ1v) is 5.21. The van der Waals surface area contributed by atoms with E-state index in [4.69, 9.17) is 14.6 Å². The van der Waals surface area contributed by atoms with Crippen LogP contribution in [0.2, 0.25) is 0 Å². The molecule has 0 bridgehead atoms. The Morgan fingerprint density at radius 1 is 1.33 bits per heavy atom. The van der Waals surface area contributed by atoms with Gasteiger partial charge in [-0.25, -0.2) is 0 Å². The summed E-state index contributed by atoms with van der Waals surface area (Å²) in [5, 5.41) is 8.67. The molecule has 0 aliphatic heterocycles. The molecule has 0 radical (unpaired) electrons. The predicted octanol–water partition coefficient (Wildman–Crippen LogP) is 2.47. The average molecular weight is 273 g/mol. The largest absolute Gasteiger partial charge is 0.493 e. The quantitative estimate of drug-likeness (QED) is 0.915. The third-order valence-corrected chi connectivity index (χ3v) is 2.46. The second-order valence-corrected chi connectivity index (χ2v) is 3.68. The zero-order chi connectivity index (χ0) is 11.3. The minimum atomic E-state index is 0.0198. The number of aliphatic hydroxyl groups excluding tert-OH is 1. The van der Waals surface area contributed by atoms with E-state index in [1.807, 2.05) is 18.2 Å². The maximum Gasteiger partial charge on any atom is 0.174 e. The lowest BCUT2D eigenvalue weighted by Crippen LogP contribution is -1.92. The van der Waals surface area contributed by atoms with Crippen LogP contribution in [0, 0.1) is 0 Å². The minimum Gasteiger partial charge on any atom is -0.493 e. The van der Waals surface area contributed by atoms with Gasteiger partial charge in [-0.3, -0.25) is 0 Å². The fourth-order valence-electron chi connectivity index (χ4n) is 1.22. The van der Waals surface area contributed by atoms with Crippen LogP contribution in [-0.4, -0.2) is 25.9 Å². The standard InChI is InChI=1S/C11H13BrO3/c1-14-10-7-8(4-3-5-13)6-9(12)11(10)15-2/h3-4,6-7,13H,5H2,1-2H3/b4-3+. The highest BCUT2D eigenvalue weighted by molar-refractivity contribution is 9.10. The number of aliphatic hydroxyl groups is 1. The third kappa shape index (κ3) is 2.97. The fourth-order valence-corrected chi connectivity index (χ4v) is 1.84. The van der Waals surface area contributed by atoms with Crippen LogP contribution >= 0.6 is 15.9 Å². The molecule has 0 fully saturated rings. The highest BCUT2D eigenvalue weighted by atomic mass is 79.9. The van der Waals surface area contributed by atoms with Crippen molar-refractivity contribution in [3.8, 4) is 11.5 Å². The van der Waals surface area contributed by atoms with Crippen LogP contribution < -0.4 is 9.47 Å². The number of rotatable bonds is 4. The van der Waals surface area contributed by atoms with E-state index in [1.54, 1.807) is 20.3 Å². The average Bonchev–Trinajstić information content (AvgIpc) is 2.25. The molecule has 15 heavy (non-hydrogen) atoms. The summed E-state index contributed by atoms with van der Waals surface area (Å²) >= 11 is 3.39. The van der Waals surface area contributed by atoms with E-state index < -0.39 is 0 Å². The third-order valence-electron chi connectivity index (χ3n) is 1.87. The van der Waals surface area contributed by atoms with Gasteiger partial charge in [-0.2, -0.15) is 0 Å². The van der Waals surface area contributed by atoms with Crippen LogP contribution in [0.25, 0.3) is 6.08 Å². The summed E-state index contributed by atoms with van der Waals surface area (Å²) in [4.78, 5) is 0. The van der Waals surface area contributed by atoms with Crippen molar-refractivity contribution in [2.45, 2.75) is 0 Å². The van der Waals surface area contributed by atoms with Crippen LogP contribution in [0.4, 0.5) is 0 Å². The summed E-state index contributed by atoms with van der Waals surface area (Å²) in [6, 6.07) is 3.74. The Labute approximate surface area is 97.5 Å². The van der Waals surface area contributed by atoms with Crippen molar-refractivity contribution in [2.75, 3.05) is 20.8 Å². The summed E-state index contributed by atoms with van der Waals surface area (Å²) in [5.41, 5.74) is 0.938. The van der Waals surface area contributed by atoms with Crippen molar-refractivity contribution < 1.29 is 14.6 Å². The number of halogens is 1. The van der Waals surface area contributed by atoms with Gasteiger partial charge in [-0.15, -0.1) is 0 Å². The van der Waals surface area contributed by atoms with Gasteiger partial charge in [0.15, 0.2) is 11.5 Å². The van der Waals surface area contributed by atoms with E-state index in [0.717, 1.165) is 10.0 Å². The molecule has 0 unspecified atom stereocenters. The van der Waals surface area contributed by atoms with E-state index in [-0.39, 0.29) is 6.61 Å². The molecule has 0 saturated heterocycles. The van der Waals surface area contributed by atoms with E-state index in [9.17, 15) is 0 Å². The molecular weight excluding hydrogens is 260 g/mol. The highest BCUT2D eigenvalue weighted by Crippen LogP contribution is 2.36. The molecule has 0 atom stereocenters. The molecule has 1 aromatic carbocycles. The Balaban J connectivity index is 3.13. The lowest BCUT2D eigenvalue weighted by molar-refractivity contribution is 0.343. The lowest BCUT2D eigenvalue weighted by atomic mass is 10.2. The molecule has 0 aliphatic carbocycles. The van der Waals surface area contributed by atoms with E-state index in [2.05, 4.69) is 15.9 Å². The summed E-state index contributed by atoms with van der Waals surface area (Å²) in [5.74, 6) is 1.32. The van der Waals surface area contributed by atoms with E-state index >= 15 is 0 Å². The van der Waals surface area contributed by atoms with Gasteiger partial charge in [0, 0.05) is 0 Å². The summed E-state index contributed by atoms with van der Waals surface area (Å²) in [7, 11) is 3.18. The van der Waals surface area contributed by atoms with Crippen molar-refractivity contribution in [3.63, 3.8) is 0 Å². The first-order valence-electron chi connectivity index (χ1n) is 4.41. The molecule has 0 saturated carbocycles. The Morgan fingerprint density at radius 3 is 2.60 bits per heavy atom. The normalized spacial score (nSPS) is 10.7. The van der Waals surface area contributed by atoms with Crippen LogP contribution in [-0.2, 0) is 0 Å². The zero-order valence-electron chi connectivity index (χ0n) is 8.66. The maximum absolute atomic E-state index is 8.67. The van der Waals surface area contributed by atoms with Gasteiger partial charge in [0.1, 0.15) is 0 Å². The molecule has 0 amide bonds. The van der Waals surface area contributed by atoms with Crippen LogP contribution in [0.5, 0.6) is 11.5 Å². The smallest absolute Gasteiger partial charge is 0.174 e. The molecule has 4 heteroatoms. The number of methoxy groups -OCH3 is 2. The predicted molar refractivity (Wildman–Crippen MR) is 63.4 cm³/mol. The molecule has 0 aliphatic rings. The van der Waals surface area contributed by atoms with Gasteiger partial charge in [0.2, 0.25) is 0 Å². The van der Waals surface area contributed by atoms with Gasteiger partial charge >= 0.3 is 0 Å². The number of hydrogen-bond donors (Lipinski definition) is 1. The van der Waals surface area contributed by atoms with Gasteiger partial charge in [-0.05, 0) is 33.6 Å². The van der Waals surface area contributed by atoms with Crippen LogP contribution in [0.1, 0.15) is 5.56 Å². The summed E-state index contributed by atoms with van der Waals surface area (Å²) in [6.45, 7) is 0.0198. The van der Waals surface area contributed by atoms with Crippen molar-refractivity contribution >= 4 is 22.0 Å². The van der Waals surface area contributed by atoms with Gasteiger partial charge < -0.3 is 14.6 Å². The maximum atomic E-state index is 8.67. The Bertz CT molecular complexity index is 361. The second-order valence-electron chi connectivity index (χ2n) is 2.82. The van der Waals surface area contributed by atoms with Crippen molar-refractivity contribution in [2.24, 2.45) is 0 Å². The van der Waals surface area contributed by atoms with Crippen molar-refractivity contribution in [3.05, 3.63) is 28.2 Å². The molecule has 82 valence electrons. The summed E-state index contributed by atoms with van der Waals surface area (Å²) < 4.78 is 11.2. The number of hydrogen-bond acceptors (Lipinski definition) is 3. The molecule has 1 rings (SSSR count). The van der Waals surface area contributed by atoms with Crippen molar-refractivity contribution in [1.29, 1.82) is 0 Å². The first-order chi connectivity index (χ1) is 7.22. The molecule has 0 heterocycles. The Kier molecular flexibility index (Phi) is 4.65. The van der Waals surface area contributed by atoms with Gasteiger partial charge in [0.05, 0.1) is 25.3 Å². The molecule has 0 aromatic heterocycles. The number of benzene rings is 1. The van der Waals surface area contributed by atoms with Crippen molar-refractivity contribution in [1.82, 2.24) is 0 Å². The summed E-state index contributed by atoms with van der Waals surface area (Å²) in [6.07, 6.45) is 3.47. The molecular formula is C11H13BrO3. The zero-order valence-corrected chi connectivity index (χ0v) is 10.2. The first kappa shape index (κ1) is 12.1. The molecule has 1 aromatic rings. The van der Waals surface area contributed by atoms with E-state index in [1.165, 1.54) is 0 Å². The minimum absolute atomic E-state index is 0.0198. The lowest BCUT2D eigenvalue weighted by Gasteiger charge is -2.10. The SMILES string of the molecule is COc1cc(/C=C/CO)cc(Br)c1OC. The highest BCUT2D eigenvalue weighted by Gasteiger charge is 2.08. The topological polar surface area (TPSA) is 38.7 Å². The van der Waals surface area contributed by atoms with E-state index in [0.29, 0.717) is 11.5 Å². The molecule has 1 N–H and O–H groups in total. The second kappa shape index (κ2) is 5.78. The van der Waals surface area contributed by atoms with Crippen LogP contribution in [0.15, 0.2) is 22.7 Å². The fraction of sp³-hybridized carbons (Fsp3) is 0.273. The Morgan fingerprint density at radius 2 is 2.07 bits per heavy atom. The van der Waals surface area contributed by atoms with Gasteiger partial charge in [-0.1, -0.05) is 12.2 Å². The molecule has 0 spiro atoms.